The Labute approximate surface area is 80.0 Å². The number of hydrogen-bond donors (Lipinski definition) is 1. The maximum Gasteiger partial charge on any atom is 0.212 e. The third-order valence-electron chi connectivity index (χ3n) is 1.18. The Morgan fingerprint density at radius 1 is 1.38 bits per heavy atom. The van der Waals surface area contributed by atoms with Gasteiger partial charge in [0.1, 0.15) is 0 Å². The number of sulfonamides is 1. The van der Waals surface area contributed by atoms with Gasteiger partial charge in [0.15, 0.2) is 0 Å². The van der Waals surface area contributed by atoms with E-state index in [2.05, 4.69) is 4.72 Å². The summed E-state index contributed by atoms with van der Waals surface area (Å²) in [6.07, 6.45) is 0.212. The van der Waals surface area contributed by atoms with Gasteiger partial charge in [-0.25, -0.2) is 13.1 Å². The van der Waals surface area contributed by atoms with Crippen LogP contribution in [0.2, 0.25) is 0 Å². The summed E-state index contributed by atoms with van der Waals surface area (Å²) in [5.74, 6) is 0.0887. The Balaban J connectivity index is 4.05. The van der Waals surface area contributed by atoms with Gasteiger partial charge in [-0.1, -0.05) is 20.8 Å². The smallest absolute Gasteiger partial charge is 0.212 e. The van der Waals surface area contributed by atoms with E-state index in [1.54, 1.807) is 0 Å². The zero-order valence-electron chi connectivity index (χ0n) is 8.29. The number of hydrogen-bond acceptors (Lipinski definition) is 3. The Kier molecular flexibility index (Phi) is 4.37. The topological polar surface area (TPSA) is 70.0 Å². The van der Waals surface area contributed by atoms with Crippen LogP contribution in [-0.2, 0) is 10.0 Å². The Hall–Kier alpha value is -0.600. The number of nitrogens with zero attached hydrogens (tertiary/aromatic N) is 1. The minimum absolute atomic E-state index is 0.0887. The first-order valence-electron chi connectivity index (χ1n) is 4.11. The zero-order valence-corrected chi connectivity index (χ0v) is 9.11. The molecule has 76 valence electrons. The first-order valence-corrected chi connectivity index (χ1v) is 5.76. The van der Waals surface area contributed by atoms with Gasteiger partial charge in [0.2, 0.25) is 10.0 Å². The highest BCUT2D eigenvalue weighted by molar-refractivity contribution is 7.89. The van der Waals surface area contributed by atoms with Crippen molar-refractivity contribution >= 4 is 10.0 Å². The lowest BCUT2D eigenvalue weighted by atomic mass is 10.0. The number of rotatable bonds is 4. The van der Waals surface area contributed by atoms with Gasteiger partial charge in [-0.05, 0) is 5.41 Å². The monoisotopic (exact) mass is 204 g/mol. The first kappa shape index (κ1) is 12.4. The van der Waals surface area contributed by atoms with Gasteiger partial charge in [-0.2, -0.15) is 5.26 Å². The Morgan fingerprint density at radius 3 is 2.31 bits per heavy atom. The highest BCUT2D eigenvalue weighted by Crippen LogP contribution is 2.14. The molecule has 0 aliphatic carbocycles. The highest BCUT2D eigenvalue weighted by Gasteiger charge is 2.20. The van der Waals surface area contributed by atoms with Crippen LogP contribution in [0.4, 0.5) is 0 Å². The lowest BCUT2D eigenvalue weighted by Crippen LogP contribution is -2.32. The minimum Gasteiger partial charge on any atom is -0.214 e. The molecule has 13 heavy (non-hydrogen) atoms. The van der Waals surface area contributed by atoms with Gasteiger partial charge in [-0.3, -0.25) is 0 Å². The van der Waals surface area contributed by atoms with Crippen molar-refractivity contribution in [1.82, 2.24) is 4.72 Å². The van der Waals surface area contributed by atoms with Crippen molar-refractivity contribution in [3.63, 3.8) is 0 Å². The number of nitriles is 1. The summed E-state index contributed by atoms with van der Waals surface area (Å²) in [5.41, 5.74) is -0.252. The van der Waals surface area contributed by atoms with Crippen molar-refractivity contribution < 1.29 is 8.42 Å². The molecule has 0 saturated carbocycles. The average Bonchev–Trinajstić information content (AvgIpc) is 1.81. The van der Waals surface area contributed by atoms with Crippen LogP contribution in [0.3, 0.4) is 0 Å². The summed E-state index contributed by atoms with van der Waals surface area (Å²) in [7, 11) is -3.21. The predicted molar refractivity (Wildman–Crippen MR) is 51.5 cm³/mol. The van der Waals surface area contributed by atoms with E-state index in [-0.39, 0.29) is 24.1 Å². The fraction of sp³-hybridized carbons (Fsp3) is 0.875. The molecule has 0 aromatic rings. The third kappa shape index (κ3) is 7.75. The molecule has 0 rings (SSSR count). The van der Waals surface area contributed by atoms with Crippen LogP contribution < -0.4 is 4.72 Å². The maximum absolute atomic E-state index is 11.3. The van der Waals surface area contributed by atoms with E-state index < -0.39 is 10.0 Å². The minimum atomic E-state index is -3.21. The van der Waals surface area contributed by atoms with Gasteiger partial charge in [0.05, 0.1) is 11.8 Å². The van der Waals surface area contributed by atoms with Gasteiger partial charge in [0, 0.05) is 13.0 Å². The fourth-order valence-electron chi connectivity index (χ4n) is 0.884. The molecule has 0 radical (unpaired) electrons. The molecule has 0 aromatic heterocycles. The van der Waals surface area contributed by atoms with E-state index in [1.807, 2.05) is 26.8 Å². The zero-order chi connectivity index (χ0) is 10.5. The van der Waals surface area contributed by atoms with Crippen LogP contribution in [0.15, 0.2) is 0 Å². The summed E-state index contributed by atoms with van der Waals surface area (Å²) in [6.45, 7) is 5.78. The van der Waals surface area contributed by atoms with Crippen LogP contribution in [0.5, 0.6) is 0 Å². The quantitative estimate of drug-likeness (QED) is 0.691. The lowest BCUT2D eigenvalue weighted by molar-refractivity contribution is 0.458. The van der Waals surface area contributed by atoms with E-state index in [1.165, 1.54) is 0 Å². The molecule has 0 aliphatic heterocycles. The predicted octanol–water partition coefficient (Wildman–Crippen LogP) is 0.866. The van der Waals surface area contributed by atoms with Crippen LogP contribution in [0.25, 0.3) is 0 Å². The standard InChI is InChI=1S/C8H16N2O2S/c1-8(2,3)7-13(11,12)10-6-4-5-9/h10H,4,6-7H2,1-3H3. The molecule has 0 aromatic carbocycles. The molecule has 4 nitrogen and oxygen atoms in total. The maximum atomic E-state index is 11.3. The van der Waals surface area contributed by atoms with Crippen molar-refractivity contribution in [2.24, 2.45) is 5.41 Å². The lowest BCUT2D eigenvalue weighted by Gasteiger charge is -2.17. The van der Waals surface area contributed by atoms with E-state index in [9.17, 15) is 8.42 Å². The van der Waals surface area contributed by atoms with Gasteiger partial charge >= 0.3 is 0 Å². The molecule has 0 heterocycles. The molecule has 0 amide bonds. The van der Waals surface area contributed by atoms with E-state index in [4.69, 9.17) is 5.26 Å². The van der Waals surface area contributed by atoms with Gasteiger partial charge in [0.25, 0.3) is 0 Å². The fourth-order valence-corrected chi connectivity index (χ4v) is 2.54. The Morgan fingerprint density at radius 2 is 1.92 bits per heavy atom. The molecule has 0 saturated heterocycles. The molecule has 0 unspecified atom stereocenters. The first-order chi connectivity index (χ1) is 5.77. The normalized spacial score (nSPS) is 12.5. The molecular formula is C8H16N2O2S. The van der Waals surface area contributed by atoms with Crippen LogP contribution in [-0.4, -0.2) is 20.7 Å². The molecule has 0 fully saturated rings. The molecule has 0 aliphatic rings. The average molecular weight is 204 g/mol. The van der Waals surface area contributed by atoms with Gasteiger partial charge < -0.3 is 0 Å². The van der Waals surface area contributed by atoms with Crippen LogP contribution in [0, 0.1) is 16.7 Å². The SMILES string of the molecule is CC(C)(C)CS(=O)(=O)NCCC#N. The summed E-state index contributed by atoms with van der Waals surface area (Å²) in [5, 5.41) is 8.21. The van der Waals surface area contributed by atoms with Crippen molar-refractivity contribution in [1.29, 1.82) is 5.26 Å². The molecule has 0 spiro atoms. The molecule has 1 N–H and O–H groups in total. The molecular weight excluding hydrogens is 188 g/mol. The van der Waals surface area contributed by atoms with Gasteiger partial charge in [-0.15, -0.1) is 0 Å². The molecule has 0 atom stereocenters. The molecule has 0 bridgehead atoms. The van der Waals surface area contributed by atoms with Crippen LogP contribution >= 0.6 is 0 Å². The van der Waals surface area contributed by atoms with Crippen molar-refractivity contribution in [3.8, 4) is 6.07 Å². The summed E-state index contributed by atoms with van der Waals surface area (Å²) < 4.78 is 25.0. The number of nitrogens with one attached hydrogen (secondary N) is 1. The van der Waals surface area contributed by atoms with E-state index >= 15 is 0 Å². The summed E-state index contributed by atoms with van der Waals surface area (Å²) >= 11 is 0. The van der Waals surface area contributed by atoms with E-state index in [0.29, 0.717) is 0 Å². The second-order valence-electron chi connectivity index (χ2n) is 4.12. The Bertz CT molecular complexity index is 282. The summed E-state index contributed by atoms with van der Waals surface area (Å²) in [6, 6.07) is 1.88. The second-order valence-corrected chi connectivity index (χ2v) is 5.93. The van der Waals surface area contributed by atoms with Crippen LogP contribution in [0.1, 0.15) is 27.2 Å². The third-order valence-corrected chi connectivity index (χ3v) is 3.07. The van der Waals surface area contributed by atoms with Crippen molar-refractivity contribution in [2.75, 3.05) is 12.3 Å². The van der Waals surface area contributed by atoms with E-state index in [0.717, 1.165) is 0 Å². The second kappa shape index (κ2) is 4.58. The van der Waals surface area contributed by atoms with Crippen molar-refractivity contribution in [2.45, 2.75) is 27.2 Å². The highest BCUT2D eigenvalue weighted by atomic mass is 32.2. The van der Waals surface area contributed by atoms with Crippen molar-refractivity contribution in [3.05, 3.63) is 0 Å². The largest absolute Gasteiger partial charge is 0.214 e. The molecule has 5 heteroatoms. The summed E-state index contributed by atoms with van der Waals surface area (Å²) in [4.78, 5) is 0.